The van der Waals surface area contributed by atoms with Crippen molar-refractivity contribution in [2.45, 2.75) is 25.7 Å². The first kappa shape index (κ1) is 23.2. The standard InChI is InChI=1S/C23H21FN4O5S/c1-13-5-7-17(12-18(13)24)27-34(30,31)21-11-16(6-9-20(21)32-4)19-8-10-22(29)28(25-19)23-14(2)26-33-15(23)3/h5-12,27H,1-4H3. The molecule has 9 nitrogen and oxygen atoms in total. The normalized spacial score (nSPS) is 11.4. The Morgan fingerprint density at radius 2 is 1.82 bits per heavy atom. The van der Waals surface area contributed by atoms with Crippen LogP contribution in [-0.2, 0) is 10.0 Å². The molecule has 4 rings (SSSR count). The van der Waals surface area contributed by atoms with E-state index in [1.165, 1.54) is 43.5 Å². The van der Waals surface area contributed by atoms with E-state index in [4.69, 9.17) is 9.26 Å². The van der Waals surface area contributed by atoms with Crippen LogP contribution in [0.2, 0.25) is 0 Å². The Labute approximate surface area is 194 Å². The fraction of sp³-hybridized carbons (Fsp3) is 0.174. The van der Waals surface area contributed by atoms with Gasteiger partial charge >= 0.3 is 0 Å². The van der Waals surface area contributed by atoms with Crippen molar-refractivity contribution < 1.29 is 22.1 Å². The van der Waals surface area contributed by atoms with Crippen LogP contribution in [0.4, 0.5) is 10.1 Å². The molecule has 0 aliphatic rings. The van der Waals surface area contributed by atoms with Gasteiger partial charge in [0.1, 0.15) is 27.8 Å². The monoisotopic (exact) mass is 484 g/mol. The Morgan fingerprint density at radius 1 is 1.06 bits per heavy atom. The predicted molar refractivity (Wildman–Crippen MR) is 123 cm³/mol. The quantitative estimate of drug-likeness (QED) is 0.443. The molecule has 34 heavy (non-hydrogen) atoms. The van der Waals surface area contributed by atoms with Crippen molar-refractivity contribution in [2.75, 3.05) is 11.8 Å². The summed E-state index contributed by atoms with van der Waals surface area (Å²) in [5.74, 6) is -0.0358. The van der Waals surface area contributed by atoms with Gasteiger partial charge < -0.3 is 9.26 Å². The zero-order chi connectivity index (χ0) is 24.6. The van der Waals surface area contributed by atoms with Gasteiger partial charge in [-0.25, -0.2) is 12.8 Å². The molecule has 0 atom stereocenters. The second kappa shape index (κ2) is 8.75. The minimum absolute atomic E-state index is 0.0700. The highest BCUT2D eigenvalue weighted by atomic mass is 32.2. The van der Waals surface area contributed by atoms with Crippen molar-refractivity contribution in [1.29, 1.82) is 0 Å². The number of hydrogen-bond donors (Lipinski definition) is 1. The number of benzene rings is 2. The zero-order valence-corrected chi connectivity index (χ0v) is 19.6. The number of ether oxygens (including phenoxy) is 1. The number of nitrogens with zero attached hydrogens (tertiary/aromatic N) is 3. The Balaban J connectivity index is 1.80. The summed E-state index contributed by atoms with van der Waals surface area (Å²) >= 11 is 0. The molecule has 0 saturated heterocycles. The highest BCUT2D eigenvalue weighted by Crippen LogP contribution is 2.31. The maximum atomic E-state index is 13.9. The lowest BCUT2D eigenvalue weighted by molar-refractivity contribution is 0.392. The molecular formula is C23H21FN4O5S. The molecule has 0 spiro atoms. The number of aromatic nitrogens is 3. The number of rotatable bonds is 6. The first-order valence-corrected chi connectivity index (χ1v) is 11.6. The molecule has 1 N–H and O–H groups in total. The SMILES string of the molecule is COc1ccc(-c2ccc(=O)n(-c3c(C)noc3C)n2)cc1S(=O)(=O)Nc1ccc(C)c(F)c1. The third-order valence-electron chi connectivity index (χ3n) is 5.18. The molecule has 2 aromatic carbocycles. The number of anilines is 1. The van der Waals surface area contributed by atoms with E-state index in [1.807, 2.05) is 0 Å². The maximum Gasteiger partial charge on any atom is 0.271 e. The Hall–Kier alpha value is -3.99. The molecular weight excluding hydrogens is 463 g/mol. The van der Waals surface area contributed by atoms with Crippen molar-refractivity contribution in [3.63, 3.8) is 0 Å². The van der Waals surface area contributed by atoms with Gasteiger partial charge in [0.05, 0.1) is 18.5 Å². The minimum Gasteiger partial charge on any atom is -0.495 e. The van der Waals surface area contributed by atoms with E-state index < -0.39 is 21.4 Å². The molecule has 0 unspecified atom stereocenters. The average molecular weight is 485 g/mol. The number of halogens is 1. The fourth-order valence-electron chi connectivity index (χ4n) is 3.42. The lowest BCUT2D eigenvalue weighted by atomic mass is 10.1. The van der Waals surface area contributed by atoms with Crippen LogP contribution in [0.15, 0.2) is 62.7 Å². The van der Waals surface area contributed by atoms with Crippen LogP contribution in [0.5, 0.6) is 5.75 Å². The van der Waals surface area contributed by atoms with Crippen LogP contribution in [-0.4, -0.2) is 30.5 Å². The Bertz CT molecular complexity index is 1540. The third-order valence-corrected chi connectivity index (χ3v) is 6.58. The molecule has 176 valence electrons. The number of sulfonamides is 1. The van der Waals surface area contributed by atoms with Crippen LogP contribution >= 0.6 is 0 Å². The van der Waals surface area contributed by atoms with Gasteiger partial charge in [0.2, 0.25) is 0 Å². The van der Waals surface area contributed by atoms with Gasteiger partial charge in [0.25, 0.3) is 15.6 Å². The van der Waals surface area contributed by atoms with E-state index in [-0.39, 0.29) is 16.3 Å². The lowest BCUT2D eigenvalue weighted by Crippen LogP contribution is -2.21. The molecule has 2 aromatic heterocycles. The highest BCUT2D eigenvalue weighted by molar-refractivity contribution is 7.92. The van der Waals surface area contributed by atoms with Gasteiger partial charge in [-0.3, -0.25) is 9.52 Å². The van der Waals surface area contributed by atoms with Crippen molar-refractivity contribution in [3.05, 3.63) is 81.7 Å². The van der Waals surface area contributed by atoms with Crippen molar-refractivity contribution >= 4 is 15.7 Å². The van der Waals surface area contributed by atoms with Crippen LogP contribution < -0.4 is 15.0 Å². The van der Waals surface area contributed by atoms with E-state index in [0.29, 0.717) is 34.0 Å². The second-order valence-electron chi connectivity index (χ2n) is 7.58. The summed E-state index contributed by atoms with van der Waals surface area (Å²) in [6.45, 7) is 4.92. The molecule has 0 bridgehead atoms. The molecule has 0 aliphatic heterocycles. The summed E-state index contributed by atoms with van der Waals surface area (Å²) in [6, 6.07) is 11.3. The van der Waals surface area contributed by atoms with Gasteiger partial charge in [-0.15, -0.1) is 0 Å². The summed E-state index contributed by atoms with van der Waals surface area (Å²) < 4.78 is 54.1. The Morgan fingerprint density at radius 3 is 2.47 bits per heavy atom. The average Bonchev–Trinajstić information content (AvgIpc) is 3.14. The summed E-state index contributed by atoms with van der Waals surface area (Å²) in [5.41, 5.74) is 1.70. The van der Waals surface area contributed by atoms with Crippen molar-refractivity contribution in [3.8, 4) is 22.7 Å². The number of hydrogen-bond acceptors (Lipinski definition) is 7. The smallest absolute Gasteiger partial charge is 0.271 e. The van der Waals surface area contributed by atoms with Gasteiger partial charge in [-0.05, 0) is 62.7 Å². The summed E-state index contributed by atoms with van der Waals surface area (Å²) in [7, 11) is -2.81. The molecule has 11 heteroatoms. The Kier molecular flexibility index (Phi) is 5.96. The van der Waals surface area contributed by atoms with Crippen LogP contribution in [0.3, 0.4) is 0 Å². The van der Waals surface area contributed by atoms with Gasteiger partial charge in [-0.2, -0.15) is 9.78 Å². The van der Waals surface area contributed by atoms with Crippen LogP contribution in [0.1, 0.15) is 17.0 Å². The summed E-state index contributed by atoms with van der Waals surface area (Å²) in [5, 5.41) is 8.24. The van der Waals surface area contributed by atoms with Gasteiger partial charge in [-0.1, -0.05) is 11.2 Å². The van der Waals surface area contributed by atoms with Crippen LogP contribution in [0.25, 0.3) is 16.9 Å². The molecule has 4 aromatic rings. The molecule has 0 fully saturated rings. The first-order valence-electron chi connectivity index (χ1n) is 10.1. The number of nitrogens with one attached hydrogen (secondary N) is 1. The fourth-order valence-corrected chi connectivity index (χ4v) is 4.66. The molecule has 0 aliphatic carbocycles. The predicted octanol–water partition coefficient (Wildman–Crippen LogP) is 3.76. The van der Waals surface area contributed by atoms with Crippen molar-refractivity contribution in [1.82, 2.24) is 14.9 Å². The van der Waals surface area contributed by atoms with E-state index in [0.717, 1.165) is 10.7 Å². The van der Waals surface area contributed by atoms with E-state index in [2.05, 4.69) is 15.0 Å². The largest absolute Gasteiger partial charge is 0.495 e. The number of methoxy groups -OCH3 is 1. The third kappa shape index (κ3) is 4.29. The zero-order valence-electron chi connectivity index (χ0n) is 18.8. The van der Waals surface area contributed by atoms with Crippen LogP contribution in [0, 0.1) is 26.6 Å². The molecule has 0 radical (unpaired) electrons. The van der Waals surface area contributed by atoms with Crippen molar-refractivity contribution in [2.24, 2.45) is 0 Å². The van der Waals surface area contributed by atoms with E-state index >= 15 is 0 Å². The summed E-state index contributed by atoms with van der Waals surface area (Å²) in [4.78, 5) is 12.3. The summed E-state index contributed by atoms with van der Waals surface area (Å²) in [6.07, 6.45) is 0. The number of aryl methyl sites for hydroxylation is 3. The second-order valence-corrected chi connectivity index (χ2v) is 9.23. The van der Waals surface area contributed by atoms with E-state index in [9.17, 15) is 17.6 Å². The molecule has 0 saturated carbocycles. The topological polar surface area (TPSA) is 116 Å². The van der Waals surface area contributed by atoms with Gasteiger partial charge in [0, 0.05) is 11.6 Å². The first-order chi connectivity index (χ1) is 16.1. The molecule has 0 amide bonds. The highest BCUT2D eigenvalue weighted by Gasteiger charge is 2.22. The maximum absolute atomic E-state index is 13.9. The van der Waals surface area contributed by atoms with Gasteiger partial charge in [0.15, 0.2) is 5.76 Å². The van der Waals surface area contributed by atoms with E-state index in [1.54, 1.807) is 26.8 Å². The molecule has 2 heterocycles. The minimum atomic E-state index is -4.15. The lowest BCUT2D eigenvalue weighted by Gasteiger charge is -2.14.